The lowest BCUT2D eigenvalue weighted by molar-refractivity contribution is -0.0258. The summed E-state index contributed by atoms with van der Waals surface area (Å²) in [5.74, 6) is 0.238. The molecule has 2 aromatic rings. The number of benzene rings is 2. The summed E-state index contributed by atoms with van der Waals surface area (Å²) in [6, 6.07) is 12.5. The second-order valence-corrected chi connectivity index (χ2v) is 7.38. The molecule has 0 radical (unpaired) electrons. The van der Waals surface area contributed by atoms with Gasteiger partial charge in [0.1, 0.15) is 12.4 Å². The minimum Gasteiger partial charge on any atom is -0.491 e. The lowest BCUT2D eigenvalue weighted by Crippen LogP contribution is -2.25. The van der Waals surface area contributed by atoms with Gasteiger partial charge in [-0.1, -0.05) is 10.5 Å². The molecule has 27 heavy (non-hydrogen) atoms. The van der Waals surface area contributed by atoms with E-state index in [1.54, 1.807) is 31.4 Å². The van der Waals surface area contributed by atoms with Crippen LogP contribution in [0.25, 0.3) is 0 Å². The molecule has 0 aromatic heterocycles. The first kappa shape index (κ1) is 20.8. The standard InChI is InChI=1S/C18H22N2O6S/c1-20(25-3)27(22,23)17-9-7-14(8-10-17)18(21)19-15-5-4-6-16(13-15)26-12-11-24-2/h4-10,13H,11-12H2,1-3H3,(H,19,21). The van der Waals surface area contributed by atoms with Crippen molar-refractivity contribution in [2.75, 3.05) is 39.8 Å². The molecule has 146 valence electrons. The van der Waals surface area contributed by atoms with Crippen molar-refractivity contribution in [1.82, 2.24) is 4.47 Å². The molecule has 8 nitrogen and oxygen atoms in total. The molecule has 1 N–H and O–H groups in total. The first-order valence-electron chi connectivity index (χ1n) is 8.04. The molecule has 9 heteroatoms. The number of nitrogens with one attached hydrogen (secondary N) is 1. The Hall–Kier alpha value is -2.46. The highest BCUT2D eigenvalue weighted by Gasteiger charge is 2.21. The van der Waals surface area contributed by atoms with E-state index in [0.717, 1.165) is 4.47 Å². The van der Waals surface area contributed by atoms with Gasteiger partial charge in [0.25, 0.3) is 15.9 Å². The van der Waals surface area contributed by atoms with Gasteiger partial charge in [0.05, 0.1) is 18.6 Å². The van der Waals surface area contributed by atoms with E-state index in [9.17, 15) is 13.2 Å². The van der Waals surface area contributed by atoms with Crippen LogP contribution in [0.4, 0.5) is 5.69 Å². The van der Waals surface area contributed by atoms with Gasteiger partial charge in [-0.05, 0) is 36.4 Å². The summed E-state index contributed by atoms with van der Waals surface area (Å²) in [7, 11) is 0.378. The maximum absolute atomic E-state index is 12.4. The Bertz CT molecular complexity index is 868. The van der Waals surface area contributed by atoms with Gasteiger partial charge >= 0.3 is 0 Å². The molecular formula is C18H22N2O6S. The second-order valence-electron chi connectivity index (χ2n) is 5.44. The maximum atomic E-state index is 12.4. The van der Waals surface area contributed by atoms with Crippen LogP contribution >= 0.6 is 0 Å². The number of rotatable bonds is 9. The Labute approximate surface area is 158 Å². The number of amides is 1. The third kappa shape index (κ3) is 5.51. The molecule has 1 amide bonds. The Balaban J connectivity index is 2.07. The zero-order chi connectivity index (χ0) is 19.9. The zero-order valence-corrected chi connectivity index (χ0v) is 16.2. The van der Waals surface area contributed by atoms with Gasteiger partial charge in [-0.3, -0.25) is 9.63 Å². The van der Waals surface area contributed by atoms with Crippen molar-refractivity contribution in [3.8, 4) is 5.75 Å². The molecule has 0 atom stereocenters. The van der Waals surface area contributed by atoms with Gasteiger partial charge in [-0.25, -0.2) is 8.42 Å². The fourth-order valence-corrected chi connectivity index (χ4v) is 3.11. The predicted molar refractivity (Wildman–Crippen MR) is 100 cm³/mol. The molecule has 0 fully saturated rings. The summed E-state index contributed by atoms with van der Waals surface area (Å²) in [5, 5.41) is 2.75. The number of hydrogen-bond donors (Lipinski definition) is 1. The Morgan fingerprint density at radius 1 is 1.07 bits per heavy atom. The Morgan fingerprint density at radius 2 is 1.78 bits per heavy atom. The van der Waals surface area contributed by atoms with E-state index in [4.69, 9.17) is 14.3 Å². The van der Waals surface area contributed by atoms with Crippen LogP contribution in [-0.4, -0.2) is 53.3 Å². The van der Waals surface area contributed by atoms with Gasteiger partial charge in [-0.15, -0.1) is 0 Å². The van der Waals surface area contributed by atoms with Gasteiger partial charge < -0.3 is 14.8 Å². The summed E-state index contributed by atoms with van der Waals surface area (Å²) in [4.78, 5) is 17.1. The van der Waals surface area contributed by atoms with Crippen molar-refractivity contribution >= 4 is 21.6 Å². The zero-order valence-electron chi connectivity index (χ0n) is 15.3. The second kappa shape index (κ2) is 9.47. The van der Waals surface area contributed by atoms with Crippen LogP contribution in [0, 0.1) is 0 Å². The smallest absolute Gasteiger partial charge is 0.264 e. The molecule has 2 rings (SSSR count). The van der Waals surface area contributed by atoms with Gasteiger partial charge in [0.15, 0.2) is 0 Å². The molecule has 0 bridgehead atoms. The molecule has 0 aliphatic carbocycles. The summed E-state index contributed by atoms with van der Waals surface area (Å²) in [5.41, 5.74) is 0.880. The number of ether oxygens (including phenoxy) is 2. The van der Waals surface area contributed by atoms with E-state index >= 15 is 0 Å². The maximum Gasteiger partial charge on any atom is 0.264 e. The number of hydrogen-bond acceptors (Lipinski definition) is 6. The van der Waals surface area contributed by atoms with Crippen LogP contribution < -0.4 is 10.1 Å². The van der Waals surface area contributed by atoms with Crippen molar-refractivity contribution in [3.05, 3.63) is 54.1 Å². The third-order valence-electron chi connectivity index (χ3n) is 3.66. The molecule has 0 saturated heterocycles. The SMILES string of the molecule is COCCOc1cccc(NC(=O)c2ccc(S(=O)(=O)N(C)OC)cc2)c1. The van der Waals surface area contributed by atoms with E-state index in [1.165, 1.54) is 38.4 Å². The first-order valence-corrected chi connectivity index (χ1v) is 9.48. The summed E-state index contributed by atoms with van der Waals surface area (Å²) in [6.07, 6.45) is 0. The minimum absolute atomic E-state index is 0.0249. The van der Waals surface area contributed by atoms with Gasteiger partial charge in [0, 0.05) is 31.5 Å². The van der Waals surface area contributed by atoms with Crippen molar-refractivity contribution in [1.29, 1.82) is 0 Å². The van der Waals surface area contributed by atoms with E-state index in [0.29, 0.717) is 30.2 Å². The largest absolute Gasteiger partial charge is 0.491 e. The highest BCUT2D eigenvalue weighted by atomic mass is 32.2. The highest BCUT2D eigenvalue weighted by Crippen LogP contribution is 2.19. The number of nitrogens with zero attached hydrogens (tertiary/aromatic N) is 1. The monoisotopic (exact) mass is 394 g/mol. The molecule has 0 heterocycles. The molecule has 0 spiro atoms. The molecule has 0 unspecified atom stereocenters. The number of sulfonamides is 1. The topological polar surface area (TPSA) is 94.2 Å². The van der Waals surface area contributed by atoms with E-state index in [-0.39, 0.29) is 10.8 Å². The van der Waals surface area contributed by atoms with Crippen molar-refractivity contribution in [3.63, 3.8) is 0 Å². The Kier molecular flexibility index (Phi) is 7.31. The number of carbonyl (C=O) groups excluding carboxylic acids is 1. The average molecular weight is 394 g/mol. The van der Waals surface area contributed by atoms with Crippen LogP contribution in [0.2, 0.25) is 0 Å². The minimum atomic E-state index is -3.75. The summed E-state index contributed by atoms with van der Waals surface area (Å²) in [6.45, 7) is 0.865. The van der Waals surface area contributed by atoms with E-state index in [2.05, 4.69) is 5.32 Å². The summed E-state index contributed by atoms with van der Waals surface area (Å²) < 4.78 is 35.5. The highest BCUT2D eigenvalue weighted by molar-refractivity contribution is 7.89. The number of methoxy groups -OCH3 is 1. The Morgan fingerprint density at radius 3 is 2.41 bits per heavy atom. The average Bonchev–Trinajstić information content (AvgIpc) is 2.68. The molecular weight excluding hydrogens is 372 g/mol. The van der Waals surface area contributed by atoms with E-state index < -0.39 is 10.0 Å². The predicted octanol–water partition coefficient (Wildman–Crippen LogP) is 2.15. The van der Waals surface area contributed by atoms with Gasteiger partial charge in [0.2, 0.25) is 0 Å². The van der Waals surface area contributed by atoms with E-state index in [1.807, 2.05) is 0 Å². The summed E-state index contributed by atoms with van der Waals surface area (Å²) >= 11 is 0. The first-order chi connectivity index (χ1) is 12.9. The fraction of sp³-hybridized carbons (Fsp3) is 0.278. The molecule has 0 aliphatic rings. The normalized spacial score (nSPS) is 11.4. The van der Waals surface area contributed by atoms with Crippen molar-refractivity contribution in [2.45, 2.75) is 4.90 Å². The van der Waals surface area contributed by atoms with Crippen LogP contribution in [0.1, 0.15) is 10.4 Å². The van der Waals surface area contributed by atoms with Gasteiger partial charge in [-0.2, -0.15) is 0 Å². The lowest BCUT2D eigenvalue weighted by Gasteiger charge is -2.14. The van der Waals surface area contributed by atoms with Crippen molar-refractivity contribution < 1.29 is 27.5 Å². The quantitative estimate of drug-likeness (QED) is 0.517. The lowest BCUT2D eigenvalue weighted by atomic mass is 10.2. The van der Waals surface area contributed by atoms with Crippen LogP contribution in [-0.2, 0) is 19.6 Å². The fourth-order valence-electron chi connectivity index (χ4n) is 2.13. The number of hydroxylamine groups is 1. The number of carbonyl (C=O) groups is 1. The van der Waals surface area contributed by atoms with Crippen LogP contribution in [0.5, 0.6) is 5.75 Å². The molecule has 2 aromatic carbocycles. The van der Waals surface area contributed by atoms with Crippen LogP contribution in [0.15, 0.2) is 53.4 Å². The van der Waals surface area contributed by atoms with Crippen molar-refractivity contribution in [2.24, 2.45) is 0 Å². The number of anilines is 1. The van der Waals surface area contributed by atoms with Crippen LogP contribution in [0.3, 0.4) is 0 Å². The molecule has 0 aliphatic heterocycles. The third-order valence-corrected chi connectivity index (χ3v) is 5.35. The molecule has 0 saturated carbocycles.